The van der Waals surface area contributed by atoms with Crippen LogP contribution in [0.1, 0.15) is 6.42 Å². The number of halogens is 4. The van der Waals surface area contributed by atoms with E-state index in [1.807, 2.05) is 0 Å². The molecule has 0 aliphatic carbocycles. The molecule has 1 aliphatic heterocycles. The fourth-order valence-electron chi connectivity index (χ4n) is 0.894. The van der Waals surface area contributed by atoms with E-state index in [1.54, 1.807) is 4.90 Å². The lowest BCUT2D eigenvalue weighted by Crippen LogP contribution is -2.44. The van der Waals surface area contributed by atoms with Gasteiger partial charge in [0, 0.05) is 6.54 Å². The van der Waals surface area contributed by atoms with Gasteiger partial charge in [-0.1, -0.05) is 15.9 Å². The van der Waals surface area contributed by atoms with Crippen LogP contribution in [0.2, 0.25) is 0 Å². The Bertz CT molecular complexity index is 132. The van der Waals surface area contributed by atoms with Gasteiger partial charge in [-0.25, -0.2) is 0 Å². The molecule has 1 nitrogen and oxygen atoms in total. The van der Waals surface area contributed by atoms with Crippen molar-refractivity contribution in [3.8, 4) is 0 Å². The summed E-state index contributed by atoms with van der Waals surface area (Å²) in [6, 6.07) is 0. The molecule has 0 aromatic rings. The molecule has 1 saturated heterocycles. The third-order valence-electron chi connectivity index (χ3n) is 1.72. The SMILES string of the molecule is FC(F)(F)C(Br)CN1CCC1. The van der Waals surface area contributed by atoms with Gasteiger partial charge in [0.2, 0.25) is 0 Å². The molecule has 0 bridgehead atoms. The molecule has 11 heavy (non-hydrogen) atoms. The first-order chi connectivity index (χ1) is 5.00. The standard InChI is InChI=1S/C6H9BrF3N/c7-5(6(8,9)10)4-11-2-1-3-11/h5H,1-4H2. The van der Waals surface area contributed by atoms with Gasteiger partial charge in [0.15, 0.2) is 0 Å². The Hall–Kier alpha value is 0.230. The molecule has 66 valence electrons. The zero-order chi connectivity index (χ0) is 8.48. The maximum Gasteiger partial charge on any atom is 0.402 e. The van der Waals surface area contributed by atoms with Crippen molar-refractivity contribution in [3.05, 3.63) is 0 Å². The molecular formula is C6H9BrF3N. The molecule has 1 aliphatic rings. The minimum atomic E-state index is -4.10. The van der Waals surface area contributed by atoms with E-state index in [-0.39, 0.29) is 6.54 Å². The van der Waals surface area contributed by atoms with Crippen LogP contribution in [-0.2, 0) is 0 Å². The minimum absolute atomic E-state index is 0.0868. The Morgan fingerprint density at radius 1 is 1.36 bits per heavy atom. The summed E-state index contributed by atoms with van der Waals surface area (Å²) >= 11 is 2.61. The first kappa shape index (κ1) is 9.32. The predicted molar refractivity (Wildman–Crippen MR) is 39.8 cm³/mol. The average molecular weight is 232 g/mol. The summed E-state index contributed by atoms with van der Waals surface area (Å²) in [5.74, 6) is 0. The zero-order valence-electron chi connectivity index (χ0n) is 5.86. The molecule has 0 saturated carbocycles. The molecule has 5 heteroatoms. The summed E-state index contributed by atoms with van der Waals surface area (Å²) < 4.78 is 35.7. The molecule has 0 aromatic heterocycles. The molecule has 0 spiro atoms. The van der Waals surface area contributed by atoms with Gasteiger partial charge in [0.05, 0.1) is 0 Å². The van der Waals surface area contributed by atoms with Crippen LogP contribution < -0.4 is 0 Å². The van der Waals surface area contributed by atoms with E-state index >= 15 is 0 Å². The lowest BCUT2D eigenvalue weighted by molar-refractivity contribution is -0.132. The van der Waals surface area contributed by atoms with Crippen LogP contribution in [0.25, 0.3) is 0 Å². The molecule has 1 fully saturated rings. The van der Waals surface area contributed by atoms with Gasteiger partial charge < -0.3 is 4.90 Å². The molecule has 0 N–H and O–H groups in total. The maximum absolute atomic E-state index is 11.9. The lowest BCUT2D eigenvalue weighted by atomic mass is 10.2. The van der Waals surface area contributed by atoms with Crippen molar-refractivity contribution in [2.45, 2.75) is 17.4 Å². The van der Waals surface area contributed by atoms with Crippen molar-refractivity contribution in [2.75, 3.05) is 19.6 Å². The predicted octanol–water partition coefficient (Wildman–Crippen LogP) is 2.02. The van der Waals surface area contributed by atoms with E-state index in [9.17, 15) is 13.2 Å². The molecule has 0 radical (unpaired) electrons. The Morgan fingerprint density at radius 3 is 2.18 bits per heavy atom. The van der Waals surface area contributed by atoms with Crippen molar-refractivity contribution in [3.63, 3.8) is 0 Å². The third kappa shape index (κ3) is 2.63. The summed E-state index contributed by atoms with van der Waals surface area (Å²) in [5.41, 5.74) is 0. The van der Waals surface area contributed by atoms with Gasteiger partial charge in [-0.15, -0.1) is 0 Å². The van der Waals surface area contributed by atoms with Gasteiger partial charge in [0.1, 0.15) is 4.83 Å². The van der Waals surface area contributed by atoms with Crippen LogP contribution in [-0.4, -0.2) is 35.5 Å². The average Bonchev–Trinajstić information content (AvgIpc) is 1.75. The van der Waals surface area contributed by atoms with Gasteiger partial charge >= 0.3 is 6.18 Å². The van der Waals surface area contributed by atoms with Crippen LogP contribution in [0.5, 0.6) is 0 Å². The highest BCUT2D eigenvalue weighted by Crippen LogP contribution is 2.27. The third-order valence-corrected chi connectivity index (χ3v) is 2.53. The molecule has 1 atom stereocenters. The molecule has 1 unspecified atom stereocenters. The zero-order valence-corrected chi connectivity index (χ0v) is 7.45. The molecule has 1 heterocycles. The highest BCUT2D eigenvalue weighted by Gasteiger charge is 2.39. The topological polar surface area (TPSA) is 3.24 Å². The largest absolute Gasteiger partial charge is 0.402 e. The van der Waals surface area contributed by atoms with Crippen molar-refractivity contribution in [1.82, 2.24) is 4.90 Å². The number of rotatable bonds is 2. The van der Waals surface area contributed by atoms with Crippen molar-refractivity contribution >= 4 is 15.9 Å². The molecule has 0 aromatic carbocycles. The monoisotopic (exact) mass is 231 g/mol. The summed E-state index contributed by atoms with van der Waals surface area (Å²) in [7, 11) is 0. The number of nitrogens with zero attached hydrogens (tertiary/aromatic N) is 1. The molecule has 1 rings (SSSR count). The van der Waals surface area contributed by atoms with Crippen molar-refractivity contribution in [2.24, 2.45) is 0 Å². The van der Waals surface area contributed by atoms with Crippen LogP contribution in [0.3, 0.4) is 0 Å². The fraction of sp³-hybridized carbons (Fsp3) is 1.00. The smallest absolute Gasteiger partial charge is 0.302 e. The van der Waals surface area contributed by atoms with E-state index in [0.717, 1.165) is 19.5 Å². The normalized spacial score (nSPS) is 22.9. The first-order valence-electron chi connectivity index (χ1n) is 3.43. The Labute approximate surface area is 71.7 Å². The Balaban J connectivity index is 2.24. The number of alkyl halides is 4. The number of hydrogen-bond donors (Lipinski definition) is 0. The Kier molecular flexibility index (Phi) is 2.80. The second-order valence-electron chi connectivity index (χ2n) is 2.66. The van der Waals surface area contributed by atoms with E-state index in [0.29, 0.717) is 0 Å². The first-order valence-corrected chi connectivity index (χ1v) is 4.35. The fourth-order valence-corrected chi connectivity index (χ4v) is 1.30. The summed E-state index contributed by atoms with van der Waals surface area (Å²) in [6.07, 6.45) is -3.08. The summed E-state index contributed by atoms with van der Waals surface area (Å²) in [6.45, 7) is 1.69. The molecule has 0 amide bonds. The highest BCUT2D eigenvalue weighted by atomic mass is 79.9. The second-order valence-corrected chi connectivity index (χ2v) is 3.77. The number of hydrogen-bond acceptors (Lipinski definition) is 1. The van der Waals surface area contributed by atoms with Crippen molar-refractivity contribution in [1.29, 1.82) is 0 Å². The maximum atomic E-state index is 11.9. The van der Waals surface area contributed by atoms with E-state index in [4.69, 9.17) is 0 Å². The number of likely N-dealkylation sites (tertiary alicyclic amines) is 1. The van der Waals surface area contributed by atoms with Crippen LogP contribution in [0.15, 0.2) is 0 Å². The van der Waals surface area contributed by atoms with Crippen molar-refractivity contribution < 1.29 is 13.2 Å². The quantitative estimate of drug-likeness (QED) is 0.658. The van der Waals surface area contributed by atoms with Crippen LogP contribution in [0, 0.1) is 0 Å². The van der Waals surface area contributed by atoms with Gasteiger partial charge in [-0.3, -0.25) is 0 Å². The minimum Gasteiger partial charge on any atom is -0.302 e. The van der Waals surface area contributed by atoms with Crippen LogP contribution in [0.4, 0.5) is 13.2 Å². The Morgan fingerprint density at radius 2 is 1.91 bits per heavy atom. The van der Waals surface area contributed by atoms with E-state index in [1.165, 1.54) is 0 Å². The summed E-state index contributed by atoms with van der Waals surface area (Å²) in [5, 5.41) is 0. The van der Waals surface area contributed by atoms with Crippen LogP contribution >= 0.6 is 15.9 Å². The van der Waals surface area contributed by atoms with E-state index in [2.05, 4.69) is 15.9 Å². The second kappa shape index (κ2) is 3.31. The van der Waals surface area contributed by atoms with Gasteiger partial charge in [0.25, 0.3) is 0 Å². The molecular weight excluding hydrogens is 223 g/mol. The highest BCUT2D eigenvalue weighted by molar-refractivity contribution is 9.09. The van der Waals surface area contributed by atoms with Gasteiger partial charge in [-0.05, 0) is 19.5 Å². The summed E-state index contributed by atoms with van der Waals surface area (Å²) in [4.78, 5) is 0.419. The lowest BCUT2D eigenvalue weighted by Gasteiger charge is -2.32. The van der Waals surface area contributed by atoms with E-state index < -0.39 is 11.0 Å². The van der Waals surface area contributed by atoms with Gasteiger partial charge in [-0.2, -0.15) is 13.2 Å².